The number of nitrogens with zero attached hydrogens (tertiary/aromatic N) is 1. The van der Waals surface area contributed by atoms with Gasteiger partial charge in [-0.25, -0.2) is 4.39 Å². The zero-order chi connectivity index (χ0) is 14.5. The van der Waals surface area contributed by atoms with Gasteiger partial charge < -0.3 is 5.73 Å². The van der Waals surface area contributed by atoms with E-state index in [2.05, 4.69) is 29.3 Å². The highest BCUT2D eigenvalue weighted by molar-refractivity contribution is 7.09. The van der Waals surface area contributed by atoms with Crippen LogP contribution in [0.25, 0.3) is 0 Å². The van der Waals surface area contributed by atoms with Crippen LogP contribution in [0, 0.1) is 12.7 Å². The van der Waals surface area contributed by atoms with Gasteiger partial charge in [-0.3, -0.25) is 4.90 Å². The molecule has 0 radical (unpaired) electrons. The van der Waals surface area contributed by atoms with Crippen molar-refractivity contribution in [1.82, 2.24) is 4.90 Å². The lowest BCUT2D eigenvalue weighted by molar-refractivity contribution is 0.204. The van der Waals surface area contributed by atoms with Crippen LogP contribution in [0.2, 0.25) is 0 Å². The number of rotatable bonds is 6. The molecule has 20 heavy (non-hydrogen) atoms. The van der Waals surface area contributed by atoms with E-state index in [4.69, 9.17) is 5.73 Å². The van der Waals surface area contributed by atoms with Gasteiger partial charge in [0.2, 0.25) is 0 Å². The largest absolute Gasteiger partial charge is 0.329 e. The molecule has 1 aromatic carbocycles. The molecule has 1 heterocycles. The molecule has 0 saturated carbocycles. The predicted octanol–water partition coefficient (Wildman–Crippen LogP) is 3.72. The first-order chi connectivity index (χ1) is 9.65. The molecule has 0 spiro atoms. The van der Waals surface area contributed by atoms with Crippen molar-refractivity contribution in [1.29, 1.82) is 0 Å². The summed E-state index contributed by atoms with van der Waals surface area (Å²) in [6.07, 6.45) is 0. The Morgan fingerprint density at radius 1 is 1.35 bits per heavy atom. The van der Waals surface area contributed by atoms with Crippen molar-refractivity contribution >= 4 is 11.3 Å². The molecular weight excluding hydrogens is 271 g/mol. The Bertz CT molecular complexity index is 539. The lowest BCUT2D eigenvalue weighted by atomic mass is 9.99. The Morgan fingerprint density at radius 3 is 2.70 bits per heavy atom. The van der Waals surface area contributed by atoms with E-state index in [1.807, 2.05) is 13.0 Å². The maximum absolute atomic E-state index is 13.3. The third-order valence-electron chi connectivity index (χ3n) is 3.60. The van der Waals surface area contributed by atoms with Crippen LogP contribution in [0.1, 0.15) is 29.0 Å². The molecular formula is C16H21FN2S. The van der Waals surface area contributed by atoms with Gasteiger partial charge in [0.15, 0.2) is 0 Å². The molecule has 0 aliphatic rings. The fourth-order valence-corrected chi connectivity index (χ4v) is 3.26. The monoisotopic (exact) mass is 292 g/mol. The molecule has 0 saturated heterocycles. The average Bonchev–Trinajstić information content (AvgIpc) is 2.93. The number of nitrogens with two attached hydrogens (primary N) is 1. The normalized spacial score (nSPS) is 12.8. The molecule has 0 fully saturated rings. The summed E-state index contributed by atoms with van der Waals surface area (Å²) in [5.41, 5.74) is 8.07. The summed E-state index contributed by atoms with van der Waals surface area (Å²) in [6, 6.07) is 9.29. The second-order valence-corrected chi connectivity index (χ2v) is 5.93. The molecule has 2 N–H and O–H groups in total. The number of halogens is 1. The Morgan fingerprint density at radius 2 is 2.15 bits per heavy atom. The summed E-state index contributed by atoms with van der Waals surface area (Å²) in [5.74, 6) is -0.191. The average molecular weight is 292 g/mol. The zero-order valence-electron chi connectivity index (χ0n) is 12.0. The Balaban J connectivity index is 2.24. The molecule has 2 rings (SSSR count). The van der Waals surface area contributed by atoms with Gasteiger partial charge in [-0.15, -0.1) is 11.3 Å². The number of hydrogen-bond acceptors (Lipinski definition) is 3. The van der Waals surface area contributed by atoms with Crippen molar-refractivity contribution < 1.29 is 4.39 Å². The molecule has 108 valence electrons. The topological polar surface area (TPSA) is 29.3 Å². The van der Waals surface area contributed by atoms with E-state index >= 15 is 0 Å². The Hall–Kier alpha value is -1.23. The third-order valence-corrected chi connectivity index (χ3v) is 4.46. The zero-order valence-corrected chi connectivity index (χ0v) is 12.8. The Kier molecular flexibility index (Phi) is 5.29. The van der Waals surface area contributed by atoms with Crippen LogP contribution in [0.15, 0.2) is 35.7 Å². The van der Waals surface area contributed by atoms with Crippen LogP contribution in [-0.2, 0) is 6.54 Å². The standard InChI is InChI=1S/C16H21FN2S/c1-3-19(11-14-5-4-8-20-14)16(10-18)15-7-6-13(17)9-12(15)2/h4-9,16H,3,10-11,18H2,1-2H3. The second-order valence-electron chi connectivity index (χ2n) is 4.89. The van der Waals surface area contributed by atoms with E-state index in [0.29, 0.717) is 6.54 Å². The number of likely N-dealkylation sites (N-methyl/N-ethyl adjacent to an activating group) is 1. The third kappa shape index (κ3) is 3.45. The second kappa shape index (κ2) is 6.97. The first-order valence-electron chi connectivity index (χ1n) is 6.88. The van der Waals surface area contributed by atoms with Gasteiger partial charge in [0, 0.05) is 24.0 Å². The smallest absolute Gasteiger partial charge is 0.123 e. The van der Waals surface area contributed by atoms with Crippen molar-refractivity contribution in [3.8, 4) is 0 Å². The van der Waals surface area contributed by atoms with Crippen LogP contribution >= 0.6 is 11.3 Å². The number of benzene rings is 1. The van der Waals surface area contributed by atoms with E-state index in [9.17, 15) is 4.39 Å². The van der Waals surface area contributed by atoms with Crippen LogP contribution < -0.4 is 5.73 Å². The predicted molar refractivity (Wildman–Crippen MR) is 83.3 cm³/mol. The van der Waals surface area contributed by atoms with E-state index in [1.165, 1.54) is 10.9 Å². The minimum absolute atomic E-state index is 0.127. The van der Waals surface area contributed by atoms with E-state index in [0.717, 1.165) is 24.2 Å². The highest BCUT2D eigenvalue weighted by Gasteiger charge is 2.20. The van der Waals surface area contributed by atoms with Crippen LogP contribution in [0.4, 0.5) is 4.39 Å². The lowest BCUT2D eigenvalue weighted by Gasteiger charge is -2.30. The van der Waals surface area contributed by atoms with Crippen LogP contribution in [0.5, 0.6) is 0 Å². The van der Waals surface area contributed by atoms with Gasteiger partial charge in [-0.05, 0) is 48.2 Å². The molecule has 0 amide bonds. The summed E-state index contributed by atoms with van der Waals surface area (Å²) >= 11 is 1.75. The molecule has 4 heteroatoms. The highest BCUT2D eigenvalue weighted by Crippen LogP contribution is 2.26. The van der Waals surface area contributed by atoms with Crippen molar-refractivity contribution in [3.63, 3.8) is 0 Å². The molecule has 2 aromatic rings. The summed E-state index contributed by atoms with van der Waals surface area (Å²) in [4.78, 5) is 3.66. The number of thiophene rings is 1. The molecule has 0 aliphatic heterocycles. The summed E-state index contributed by atoms with van der Waals surface area (Å²) in [6.45, 7) is 6.41. The minimum atomic E-state index is -0.191. The van der Waals surface area contributed by atoms with Gasteiger partial charge in [0.25, 0.3) is 0 Å². The van der Waals surface area contributed by atoms with Gasteiger partial charge >= 0.3 is 0 Å². The molecule has 2 nitrogen and oxygen atoms in total. The van der Waals surface area contributed by atoms with Gasteiger partial charge in [0.05, 0.1) is 0 Å². The fourth-order valence-electron chi connectivity index (χ4n) is 2.53. The minimum Gasteiger partial charge on any atom is -0.329 e. The molecule has 0 bridgehead atoms. The van der Waals surface area contributed by atoms with Crippen molar-refractivity contribution in [3.05, 3.63) is 57.5 Å². The van der Waals surface area contributed by atoms with Crippen LogP contribution in [-0.4, -0.2) is 18.0 Å². The SMILES string of the molecule is CCN(Cc1cccs1)C(CN)c1ccc(F)cc1C. The number of hydrogen-bond donors (Lipinski definition) is 1. The van der Waals surface area contributed by atoms with Gasteiger partial charge in [-0.2, -0.15) is 0 Å². The van der Waals surface area contributed by atoms with Crippen molar-refractivity contribution in [2.45, 2.75) is 26.4 Å². The molecule has 0 aliphatic carbocycles. The molecule has 1 aromatic heterocycles. The number of aryl methyl sites for hydroxylation is 1. The van der Waals surface area contributed by atoms with E-state index in [-0.39, 0.29) is 11.9 Å². The summed E-state index contributed by atoms with van der Waals surface area (Å²) in [7, 11) is 0. The van der Waals surface area contributed by atoms with Gasteiger partial charge in [-0.1, -0.05) is 19.1 Å². The summed E-state index contributed by atoms with van der Waals surface area (Å²) in [5, 5.41) is 2.09. The van der Waals surface area contributed by atoms with E-state index < -0.39 is 0 Å². The maximum atomic E-state index is 13.3. The van der Waals surface area contributed by atoms with Crippen molar-refractivity contribution in [2.75, 3.05) is 13.1 Å². The van der Waals surface area contributed by atoms with Crippen LogP contribution in [0.3, 0.4) is 0 Å². The first-order valence-corrected chi connectivity index (χ1v) is 7.76. The lowest BCUT2D eigenvalue weighted by Crippen LogP contribution is -2.33. The highest BCUT2D eigenvalue weighted by atomic mass is 32.1. The van der Waals surface area contributed by atoms with Crippen molar-refractivity contribution in [2.24, 2.45) is 5.73 Å². The molecule has 1 atom stereocenters. The Labute approximate surface area is 124 Å². The molecule has 1 unspecified atom stereocenters. The fraction of sp³-hybridized carbons (Fsp3) is 0.375. The first kappa shape index (κ1) is 15.2. The summed E-state index contributed by atoms with van der Waals surface area (Å²) < 4.78 is 13.3. The van der Waals surface area contributed by atoms with Gasteiger partial charge in [0.1, 0.15) is 5.82 Å². The maximum Gasteiger partial charge on any atom is 0.123 e. The van der Waals surface area contributed by atoms with E-state index in [1.54, 1.807) is 17.4 Å². The quantitative estimate of drug-likeness (QED) is 0.879.